The van der Waals surface area contributed by atoms with Crippen molar-refractivity contribution in [2.45, 2.75) is 39.3 Å². The van der Waals surface area contributed by atoms with Gasteiger partial charge in [0.25, 0.3) is 6.02 Å². The van der Waals surface area contributed by atoms with E-state index in [1.54, 1.807) is 17.9 Å². The number of methoxy groups -OCH3 is 1. The van der Waals surface area contributed by atoms with Gasteiger partial charge >= 0.3 is 0 Å². The zero-order valence-corrected chi connectivity index (χ0v) is 24.0. The second kappa shape index (κ2) is 11.6. The molecule has 2 aromatic heterocycles. The molecule has 0 bridgehead atoms. The predicted octanol–water partition coefficient (Wildman–Crippen LogP) is 6.52. The maximum absolute atomic E-state index is 15.0. The van der Waals surface area contributed by atoms with Crippen LogP contribution in [0.15, 0.2) is 35.6 Å². The van der Waals surface area contributed by atoms with Gasteiger partial charge in [-0.25, -0.2) is 18.8 Å². The normalized spacial score (nSPS) is 17.8. The summed E-state index contributed by atoms with van der Waals surface area (Å²) in [6.07, 6.45) is 3.16. The fraction of sp³-hybridized carbons (Fsp3) is 0.462. The van der Waals surface area contributed by atoms with Gasteiger partial charge in [0.1, 0.15) is 24.7 Å². The number of halogens is 3. The topological polar surface area (TPSA) is 79.1 Å². The first-order chi connectivity index (χ1) is 18.0. The molecule has 3 heterocycles. The summed E-state index contributed by atoms with van der Waals surface area (Å²) in [5, 5.41) is 3.59. The number of rotatable bonds is 10. The summed E-state index contributed by atoms with van der Waals surface area (Å²) in [6.45, 7) is 11.0. The molecule has 1 N–H and O–H groups in total. The van der Waals surface area contributed by atoms with Crippen molar-refractivity contribution >= 4 is 42.4 Å². The summed E-state index contributed by atoms with van der Waals surface area (Å²) in [5.41, 5.74) is 0.373. The van der Waals surface area contributed by atoms with Crippen molar-refractivity contribution in [1.29, 1.82) is 0 Å². The van der Waals surface area contributed by atoms with Crippen LogP contribution in [0.1, 0.15) is 6.92 Å². The highest BCUT2D eigenvalue weighted by Crippen LogP contribution is 2.37. The van der Waals surface area contributed by atoms with Crippen molar-refractivity contribution < 1.29 is 27.7 Å². The average Bonchev–Trinajstić information content (AvgIpc) is 3.16. The van der Waals surface area contributed by atoms with Crippen LogP contribution in [0.5, 0.6) is 11.5 Å². The Bertz CT molecular complexity index is 1310. The summed E-state index contributed by atoms with van der Waals surface area (Å²) in [6, 6.07) is 4.95. The molecule has 8 nitrogen and oxygen atoms in total. The molecule has 0 saturated carbocycles. The number of aromatic nitrogens is 2. The standard InChI is InChI=1S/C26H33ClF2N4O4Si/c1-26(14-34-2)13-31-25(36-15-26)32-17-10-19(28)23(20(29)11-17)37-21-6-7-30-24-22(21)18(27)12-33(24)16-35-8-9-38(3,4)5/h6-7,10-12H,8-9,13-16H2,1-5H3,(H,31,32). The van der Waals surface area contributed by atoms with Gasteiger partial charge in [0.15, 0.2) is 17.4 Å². The minimum Gasteiger partial charge on any atom is -0.464 e. The fourth-order valence-corrected chi connectivity index (χ4v) is 4.99. The number of anilines is 1. The monoisotopic (exact) mass is 566 g/mol. The molecule has 0 aliphatic carbocycles. The predicted molar refractivity (Wildman–Crippen MR) is 147 cm³/mol. The Morgan fingerprint density at radius 2 is 1.97 bits per heavy atom. The summed E-state index contributed by atoms with van der Waals surface area (Å²) < 4.78 is 54.1. The van der Waals surface area contributed by atoms with Gasteiger partial charge in [0.2, 0.25) is 0 Å². The zero-order chi connectivity index (χ0) is 27.5. The summed E-state index contributed by atoms with van der Waals surface area (Å²) in [4.78, 5) is 8.70. The first kappa shape index (κ1) is 28.3. The van der Waals surface area contributed by atoms with Crippen molar-refractivity contribution in [1.82, 2.24) is 9.55 Å². The number of nitrogens with one attached hydrogen (secondary N) is 1. The van der Waals surface area contributed by atoms with Gasteiger partial charge < -0.3 is 28.8 Å². The van der Waals surface area contributed by atoms with Crippen LogP contribution in [0, 0.1) is 17.0 Å². The number of nitrogens with zero attached hydrogens (tertiary/aromatic N) is 3. The van der Waals surface area contributed by atoms with Crippen LogP contribution < -0.4 is 10.1 Å². The Kier molecular flexibility index (Phi) is 8.61. The number of fused-ring (bicyclic) bond motifs is 1. The largest absolute Gasteiger partial charge is 0.464 e. The number of hydrogen-bond acceptors (Lipinski definition) is 7. The Labute approximate surface area is 226 Å². The van der Waals surface area contributed by atoms with E-state index in [0.29, 0.717) is 42.4 Å². The van der Waals surface area contributed by atoms with E-state index in [1.165, 1.54) is 12.3 Å². The van der Waals surface area contributed by atoms with Gasteiger partial charge in [-0.3, -0.25) is 0 Å². The van der Waals surface area contributed by atoms with Gasteiger partial charge in [0, 0.05) is 57.4 Å². The molecule has 0 saturated heterocycles. The minimum absolute atomic E-state index is 0.140. The highest BCUT2D eigenvalue weighted by molar-refractivity contribution is 6.76. The lowest BCUT2D eigenvalue weighted by Crippen LogP contribution is -2.38. The third-order valence-electron chi connectivity index (χ3n) is 6.02. The summed E-state index contributed by atoms with van der Waals surface area (Å²) >= 11 is 6.47. The highest BCUT2D eigenvalue weighted by Gasteiger charge is 2.30. The lowest BCUT2D eigenvalue weighted by molar-refractivity contribution is 0.0436. The summed E-state index contributed by atoms with van der Waals surface area (Å²) in [7, 11) is 0.392. The Morgan fingerprint density at radius 1 is 1.24 bits per heavy atom. The van der Waals surface area contributed by atoms with E-state index in [4.69, 9.17) is 30.5 Å². The van der Waals surface area contributed by atoms with E-state index in [1.807, 2.05) is 6.92 Å². The third kappa shape index (κ3) is 6.82. The maximum Gasteiger partial charge on any atom is 0.289 e. The van der Waals surface area contributed by atoms with Crippen LogP contribution in [-0.4, -0.2) is 57.1 Å². The van der Waals surface area contributed by atoms with Crippen molar-refractivity contribution in [3.05, 3.63) is 47.2 Å². The molecule has 0 fully saturated rings. The molecular weight excluding hydrogens is 534 g/mol. The van der Waals surface area contributed by atoms with Gasteiger partial charge in [-0.1, -0.05) is 38.2 Å². The lowest BCUT2D eigenvalue weighted by Gasteiger charge is -2.31. The van der Waals surface area contributed by atoms with E-state index in [-0.39, 0.29) is 29.6 Å². The average molecular weight is 567 g/mol. The number of ether oxygens (including phenoxy) is 4. The number of pyridine rings is 1. The Hall–Kier alpha value is -2.73. The van der Waals surface area contributed by atoms with Gasteiger partial charge in [0.05, 0.1) is 23.6 Å². The molecule has 38 heavy (non-hydrogen) atoms. The van der Waals surface area contributed by atoms with E-state index >= 15 is 8.78 Å². The molecule has 1 aromatic carbocycles. The van der Waals surface area contributed by atoms with Crippen LogP contribution in [0.25, 0.3) is 11.0 Å². The van der Waals surface area contributed by atoms with Gasteiger partial charge in [-0.05, 0) is 12.1 Å². The number of amidine groups is 1. The van der Waals surface area contributed by atoms with Gasteiger partial charge in [-0.2, -0.15) is 0 Å². The number of benzene rings is 1. The number of hydrogen-bond donors (Lipinski definition) is 1. The van der Waals surface area contributed by atoms with Crippen LogP contribution in [0.4, 0.5) is 14.5 Å². The molecule has 0 amide bonds. The van der Waals surface area contributed by atoms with Crippen molar-refractivity contribution in [3.63, 3.8) is 0 Å². The van der Waals surface area contributed by atoms with E-state index in [0.717, 1.165) is 18.2 Å². The second-order valence-electron chi connectivity index (χ2n) is 11.0. The van der Waals surface area contributed by atoms with Gasteiger partial charge in [-0.15, -0.1) is 0 Å². The first-order valence-corrected chi connectivity index (χ1v) is 16.4. The quantitative estimate of drug-likeness (QED) is 0.222. The van der Waals surface area contributed by atoms with Crippen molar-refractivity contribution in [2.75, 3.05) is 38.8 Å². The smallest absolute Gasteiger partial charge is 0.289 e. The van der Waals surface area contributed by atoms with E-state index in [9.17, 15) is 0 Å². The molecule has 1 aliphatic rings. The summed E-state index contributed by atoms with van der Waals surface area (Å²) in [5.74, 6) is -2.18. The molecule has 1 unspecified atom stereocenters. The number of aliphatic imine (C=N–C) groups is 1. The third-order valence-corrected chi connectivity index (χ3v) is 8.01. The Balaban J connectivity index is 1.49. The molecule has 1 atom stereocenters. The van der Waals surface area contributed by atoms with Crippen LogP contribution in [-0.2, 0) is 20.9 Å². The highest BCUT2D eigenvalue weighted by atomic mass is 35.5. The zero-order valence-electron chi connectivity index (χ0n) is 22.2. The molecule has 12 heteroatoms. The van der Waals surface area contributed by atoms with Crippen molar-refractivity contribution in [3.8, 4) is 11.5 Å². The SMILES string of the molecule is COCC1(C)CN=C(Nc2cc(F)c(Oc3ccnc4c3c(Cl)cn4COCC[Si](C)(C)C)c(F)c2)OC1. The van der Waals surface area contributed by atoms with Crippen LogP contribution in [0.3, 0.4) is 0 Å². The molecule has 4 rings (SSSR count). The van der Waals surface area contributed by atoms with Crippen molar-refractivity contribution in [2.24, 2.45) is 10.4 Å². The van der Waals surface area contributed by atoms with E-state index < -0.39 is 25.5 Å². The van der Waals surface area contributed by atoms with Crippen LogP contribution >= 0.6 is 11.6 Å². The molecule has 0 spiro atoms. The molecule has 1 aliphatic heterocycles. The Morgan fingerprint density at radius 3 is 2.61 bits per heavy atom. The molecule has 206 valence electrons. The lowest BCUT2D eigenvalue weighted by atomic mass is 9.92. The second-order valence-corrected chi connectivity index (χ2v) is 17.0. The first-order valence-electron chi connectivity index (χ1n) is 12.3. The fourth-order valence-electron chi connectivity index (χ4n) is 3.93. The maximum atomic E-state index is 15.0. The molecular formula is C26H33ClF2N4O4Si. The minimum atomic E-state index is -1.22. The molecule has 3 aromatic rings. The molecule has 0 radical (unpaired) electrons. The van der Waals surface area contributed by atoms with E-state index in [2.05, 4.69) is 34.9 Å². The van der Waals surface area contributed by atoms with Crippen LogP contribution in [0.2, 0.25) is 30.7 Å².